The Morgan fingerprint density at radius 2 is 1.42 bits per heavy atom. The van der Waals surface area contributed by atoms with Crippen molar-refractivity contribution in [3.63, 3.8) is 0 Å². The molecule has 0 fully saturated rings. The van der Waals surface area contributed by atoms with E-state index in [-0.39, 0.29) is 5.78 Å². The molecule has 3 rings (SSSR count). The summed E-state index contributed by atoms with van der Waals surface area (Å²) in [6.07, 6.45) is 5.16. The van der Waals surface area contributed by atoms with Crippen molar-refractivity contribution in [3.8, 4) is 28.7 Å². The number of ketones is 1. The van der Waals surface area contributed by atoms with Crippen molar-refractivity contribution in [2.45, 2.75) is 0 Å². The summed E-state index contributed by atoms with van der Waals surface area (Å²) in [7, 11) is 7.63. The lowest BCUT2D eigenvalue weighted by Gasteiger charge is -2.16. The number of amides is 1. The Labute approximate surface area is 221 Å². The van der Waals surface area contributed by atoms with Crippen molar-refractivity contribution in [1.82, 2.24) is 0 Å². The smallest absolute Gasteiger partial charge is 0.218 e. The molecule has 3 aromatic rings. The van der Waals surface area contributed by atoms with E-state index in [0.29, 0.717) is 63.2 Å². The van der Waals surface area contributed by atoms with Gasteiger partial charge in [0.25, 0.3) is 0 Å². The van der Waals surface area contributed by atoms with Gasteiger partial charge in [0.15, 0.2) is 28.8 Å². The average Bonchev–Trinajstić information content (AvgIpc) is 2.97. The number of hydrogen-bond donors (Lipinski definition) is 1. The van der Waals surface area contributed by atoms with Crippen LogP contribution in [0.2, 0.25) is 0 Å². The minimum Gasteiger partial charge on any atom is -0.493 e. The third-order valence-electron chi connectivity index (χ3n) is 5.65. The van der Waals surface area contributed by atoms with E-state index in [2.05, 4.69) is 0 Å². The maximum absolute atomic E-state index is 12.9. The largest absolute Gasteiger partial charge is 0.493 e. The van der Waals surface area contributed by atoms with Crippen molar-refractivity contribution in [2.75, 3.05) is 40.4 Å². The van der Waals surface area contributed by atoms with E-state index in [4.69, 9.17) is 29.4 Å². The number of anilines is 1. The summed E-state index contributed by atoms with van der Waals surface area (Å²) in [5.41, 5.74) is 8.75. The Bertz CT molecular complexity index is 1340. The third kappa shape index (κ3) is 6.25. The molecule has 0 saturated carbocycles. The predicted molar refractivity (Wildman–Crippen MR) is 146 cm³/mol. The van der Waals surface area contributed by atoms with Crippen LogP contribution in [0.1, 0.15) is 21.5 Å². The first-order valence-corrected chi connectivity index (χ1v) is 11.4. The Hall–Kier alpha value is -4.92. The second kappa shape index (κ2) is 12.9. The molecule has 0 spiro atoms. The Balaban J connectivity index is 1.86. The second-order valence-corrected chi connectivity index (χ2v) is 7.87. The lowest BCUT2D eigenvalue weighted by molar-refractivity contribution is -0.106. The van der Waals surface area contributed by atoms with Crippen molar-refractivity contribution in [3.05, 3.63) is 83.6 Å². The van der Waals surface area contributed by atoms with Crippen molar-refractivity contribution < 1.29 is 33.3 Å². The first-order chi connectivity index (χ1) is 18.4. The van der Waals surface area contributed by atoms with Crippen molar-refractivity contribution in [1.29, 1.82) is 0 Å². The fraction of sp³-hybridized carbons (Fsp3) is 0.172. The molecule has 0 bridgehead atoms. The highest BCUT2D eigenvalue weighted by molar-refractivity contribution is 6.07. The van der Waals surface area contributed by atoms with Crippen LogP contribution >= 0.6 is 0 Å². The van der Waals surface area contributed by atoms with Gasteiger partial charge >= 0.3 is 0 Å². The van der Waals surface area contributed by atoms with E-state index in [9.17, 15) is 9.59 Å². The highest BCUT2D eigenvalue weighted by Crippen LogP contribution is 2.38. The van der Waals surface area contributed by atoms with Crippen LogP contribution in [0.4, 0.5) is 5.69 Å². The van der Waals surface area contributed by atoms with Crippen LogP contribution in [0, 0.1) is 0 Å². The lowest BCUT2D eigenvalue weighted by Crippen LogP contribution is -2.16. The number of carbonyl (C=O) groups excluding carboxylic acids is 2. The highest BCUT2D eigenvalue weighted by atomic mass is 16.5. The molecule has 3 aromatic carbocycles. The van der Waals surface area contributed by atoms with E-state index < -0.39 is 0 Å². The molecule has 38 heavy (non-hydrogen) atoms. The number of ether oxygens (including phenoxy) is 5. The zero-order chi connectivity index (χ0) is 27.7. The number of hydrogen-bond acceptors (Lipinski definition) is 8. The number of carbonyl (C=O) groups is 2. The zero-order valence-corrected chi connectivity index (χ0v) is 21.9. The summed E-state index contributed by atoms with van der Waals surface area (Å²) in [5.74, 6) is 2.21. The van der Waals surface area contributed by atoms with Gasteiger partial charge in [0.2, 0.25) is 12.2 Å². The number of methoxy groups -OCH3 is 5. The van der Waals surface area contributed by atoms with Gasteiger partial charge in [-0.1, -0.05) is 18.2 Å². The maximum Gasteiger partial charge on any atom is 0.218 e. The molecule has 0 radical (unpaired) electrons. The molecule has 9 nitrogen and oxygen atoms in total. The predicted octanol–water partition coefficient (Wildman–Crippen LogP) is 4.55. The molecule has 0 aromatic heterocycles. The molecule has 0 aliphatic heterocycles. The van der Waals surface area contributed by atoms with E-state index in [0.717, 1.165) is 0 Å². The molecule has 1 amide bonds. The average molecular weight is 519 g/mol. The summed E-state index contributed by atoms with van der Waals surface area (Å²) in [6, 6.07) is 15.3. The maximum atomic E-state index is 12.9. The van der Waals surface area contributed by atoms with E-state index in [1.54, 1.807) is 67.8 Å². The summed E-state index contributed by atoms with van der Waals surface area (Å²) in [6.45, 7) is 0. The fourth-order valence-electron chi connectivity index (χ4n) is 3.69. The van der Waals surface area contributed by atoms with Crippen LogP contribution in [0.5, 0.6) is 28.7 Å². The monoisotopic (exact) mass is 518 g/mol. The molecular formula is C29H30N2O7. The molecule has 0 atom stereocenters. The van der Waals surface area contributed by atoms with Gasteiger partial charge in [-0.2, -0.15) is 0 Å². The van der Waals surface area contributed by atoms with Gasteiger partial charge in [-0.05, 0) is 54.1 Å². The minimum atomic E-state index is -0.261. The molecule has 0 saturated heterocycles. The van der Waals surface area contributed by atoms with Gasteiger partial charge in [-0.3, -0.25) is 14.5 Å². The van der Waals surface area contributed by atoms with E-state index in [1.165, 1.54) is 45.6 Å². The summed E-state index contributed by atoms with van der Waals surface area (Å²) >= 11 is 0. The molecular weight excluding hydrogens is 488 g/mol. The number of nitrogens with zero attached hydrogens (tertiary/aromatic N) is 1. The van der Waals surface area contributed by atoms with Gasteiger partial charge in [-0.25, -0.2) is 0 Å². The minimum absolute atomic E-state index is 0.261. The van der Waals surface area contributed by atoms with Crippen LogP contribution in [-0.2, 0) is 4.79 Å². The SMILES string of the molecule is COc1ccc(/C(N)=C/N(C=O)c2cccc(C(=O)/C=C/c3cc(OC)c(OC)c(OC)c3)c2)cc1OC. The van der Waals surface area contributed by atoms with E-state index in [1.807, 2.05) is 0 Å². The fourth-order valence-corrected chi connectivity index (χ4v) is 3.69. The first kappa shape index (κ1) is 27.7. The molecule has 0 unspecified atom stereocenters. The number of allylic oxidation sites excluding steroid dienone is 1. The topological polar surface area (TPSA) is 110 Å². The van der Waals surface area contributed by atoms with Crippen molar-refractivity contribution in [2.24, 2.45) is 5.73 Å². The lowest BCUT2D eigenvalue weighted by atomic mass is 10.1. The van der Waals surface area contributed by atoms with Crippen LogP contribution in [0.15, 0.2) is 66.9 Å². The number of rotatable bonds is 12. The summed E-state index contributed by atoms with van der Waals surface area (Å²) in [5, 5.41) is 0. The highest BCUT2D eigenvalue weighted by Gasteiger charge is 2.13. The Morgan fingerprint density at radius 1 is 0.763 bits per heavy atom. The molecule has 2 N–H and O–H groups in total. The summed E-state index contributed by atoms with van der Waals surface area (Å²) in [4.78, 5) is 26.1. The van der Waals surface area contributed by atoms with Crippen LogP contribution < -0.4 is 34.3 Å². The van der Waals surface area contributed by atoms with Gasteiger partial charge < -0.3 is 29.4 Å². The number of nitrogens with two attached hydrogens (primary N) is 1. The van der Waals surface area contributed by atoms with Gasteiger partial charge in [0, 0.05) is 23.0 Å². The molecule has 198 valence electrons. The molecule has 9 heteroatoms. The first-order valence-electron chi connectivity index (χ1n) is 11.4. The van der Waals surface area contributed by atoms with Crippen molar-refractivity contribution >= 4 is 29.7 Å². The van der Waals surface area contributed by atoms with Crippen LogP contribution in [0.25, 0.3) is 11.8 Å². The third-order valence-corrected chi connectivity index (χ3v) is 5.65. The summed E-state index contributed by atoms with van der Waals surface area (Å²) < 4.78 is 26.6. The molecule has 0 aliphatic carbocycles. The van der Waals surface area contributed by atoms with Gasteiger partial charge in [0.05, 0.1) is 41.2 Å². The van der Waals surface area contributed by atoms with Crippen LogP contribution in [-0.4, -0.2) is 47.7 Å². The molecule has 0 heterocycles. The van der Waals surface area contributed by atoms with E-state index >= 15 is 0 Å². The molecule has 0 aliphatic rings. The quantitative estimate of drug-likeness (QED) is 0.211. The Kier molecular flexibility index (Phi) is 9.37. The second-order valence-electron chi connectivity index (χ2n) is 7.87. The van der Waals surface area contributed by atoms with Crippen LogP contribution in [0.3, 0.4) is 0 Å². The normalized spacial score (nSPS) is 11.1. The van der Waals surface area contributed by atoms with Gasteiger partial charge in [0.1, 0.15) is 0 Å². The standard InChI is InChI=1S/C29H30N2O7/c1-34-25-12-10-20(16-26(25)35-2)23(30)17-31(18-32)22-8-6-7-21(15-22)24(33)11-9-19-13-27(36-3)29(38-5)28(14-19)37-4/h6-18H,30H2,1-5H3/b11-9+,23-17-. The Morgan fingerprint density at radius 3 is 2.00 bits per heavy atom. The van der Waals surface area contributed by atoms with Gasteiger partial charge in [-0.15, -0.1) is 0 Å². The zero-order valence-electron chi connectivity index (χ0n) is 21.9. The number of benzene rings is 3.